The normalized spacial score (nSPS) is 13.8. The molecule has 26 heavy (non-hydrogen) atoms. The molecule has 2 rings (SSSR count). The van der Waals surface area contributed by atoms with E-state index in [1.54, 1.807) is 13.8 Å². The lowest BCUT2D eigenvalue weighted by atomic mass is 10.2. The maximum Gasteiger partial charge on any atom is 0.416 e. The smallest absolute Gasteiger partial charge is 0.416 e. The molecule has 2 aromatic rings. The summed E-state index contributed by atoms with van der Waals surface area (Å²) in [5.41, 5.74) is -0.796. The molecular formula is C18H17F3O4S. The summed E-state index contributed by atoms with van der Waals surface area (Å²) in [4.78, 5) is 12.2. The van der Waals surface area contributed by atoms with Crippen LogP contribution in [0.2, 0.25) is 0 Å². The Bertz CT molecular complexity index is 730. The Hall–Kier alpha value is -2.19. The van der Waals surface area contributed by atoms with Crippen molar-refractivity contribution < 1.29 is 32.0 Å². The minimum absolute atomic E-state index is 0.248. The zero-order valence-electron chi connectivity index (χ0n) is 14.1. The lowest BCUT2D eigenvalue weighted by Crippen LogP contribution is -2.26. The molecule has 0 aliphatic carbocycles. The summed E-state index contributed by atoms with van der Waals surface area (Å²) < 4.78 is 60.4. The van der Waals surface area contributed by atoms with Gasteiger partial charge in [0.15, 0.2) is 15.9 Å². The van der Waals surface area contributed by atoms with Gasteiger partial charge in [0.2, 0.25) is 0 Å². The summed E-state index contributed by atoms with van der Waals surface area (Å²) in [6.45, 7) is 3.49. The minimum atomic E-state index is -4.44. The Balaban J connectivity index is 2.06. The van der Waals surface area contributed by atoms with E-state index in [-0.39, 0.29) is 11.5 Å². The molecule has 0 bridgehead atoms. The van der Waals surface area contributed by atoms with E-state index in [9.17, 15) is 22.5 Å². The van der Waals surface area contributed by atoms with Crippen molar-refractivity contribution in [3.8, 4) is 5.75 Å². The number of alkyl halides is 3. The molecule has 0 aliphatic heterocycles. The van der Waals surface area contributed by atoms with Gasteiger partial charge in [0.25, 0.3) is 0 Å². The summed E-state index contributed by atoms with van der Waals surface area (Å²) in [5, 5.41) is 0. The van der Waals surface area contributed by atoms with Gasteiger partial charge >= 0.3 is 12.1 Å². The maximum atomic E-state index is 12.6. The van der Waals surface area contributed by atoms with Gasteiger partial charge in [-0.25, -0.2) is 4.79 Å². The summed E-state index contributed by atoms with van der Waals surface area (Å²) >= 11 is -1.63. The largest absolute Gasteiger partial charge is 0.606 e. The topological polar surface area (TPSA) is 58.6 Å². The van der Waals surface area contributed by atoms with Crippen molar-refractivity contribution in [3.63, 3.8) is 0 Å². The van der Waals surface area contributed by atoms with E-state index in [0.717, 1.165) is 12.1 Å². The second-order valence-corrected chi connectivity index (χ2v) is 6.75. The number of halogens is 3. The first-order chi connectivity index (χ1) is 12.2. The number of esters is 1. The number of carbonyl (C=O) groups excluding carboxylic acids is 1. The molecule has 0 radical (unpaired) electrons. The Labute approximate surface area is 152 Å². The van der Waals surface area contributed by atoms with Crippen molar-refractivity contribution in [2.75, 3.05) is 6.61 Å². The first-order valence-corrected chi connectivity index (χ1v) is 8.89. The minimum Gasteiger partial charge on any atom is -0.606 e. The molecule has 0 fully saturated rings. The van der Waals surface area contributed by atoms with Crippen LogP contribution in [0.4, 0.5) is 13.2 Å². The number of hydrogen-bond donors (Lipinski definition) is 0. The number of ether oxygens (including phenoxy) is 2. The molecule has 0 aliphatic rings. The van der Waals surface area contributed by atoms with Crippen molar-refractivity contribution in [2.24, 2.45) is 0 Å². The number of benzene rings is 2. The van der Waals surface area contributed by atoms with Gasteiger partial charge in [-0.1, -0.05) is 0 Å². The highest BCUT2D eigenvalue weighted by atomic mass is 32.2. The zero-order chi connectivity index (χ0) is 19.3. The van der Waals surface area contributed by atoms with E-state index in [1.165, 1.54) is 36.4 Å². The number of hydrogen-bond acceptors (Lipinski definition) is 4. The highest BCUT2D eigenvalue weighted by molar-refractivity contribution is 7.91. The molecule has 0 aromatic heterocycles. The first-order valence-electron chi connectivity index (χ1n) is 7.74. The third-order valence-electron chi connectivity index (χ3n) is 3.36. The Morgan fingerprint density at radius 2 is 1.58 bits per heavy atom. The summed E-state index contributed by atoms with van der Waals surface area (Å²) in [7, 11) is 0. The van der Waals surface area contributed by atoms with Crippen LogP contribution in [-0.2, 0) is 26.9 Å². The average molecular weight is 386 g/mol. The van der Waals surface area contributed by atoms with Gasteiger partial charge in [0, 0.05) is 11.2 Å². The van der Waals surface area contributed by atoms with Crippen molar-refractivity contribution in [3.05, 3.63) is 54.1 Å². The molecule has 0 saturated heterocycles. The van der Waals surface area contributed by atoms with Crippen LogP contribution in [0, 0.1) is 0 Å². The van der Waals surface area contributed by atoms with Gasteiger partial charge in [0.1, 0.15) is 5.75 Å². The van der Waals surface area contributed by atoms with E-state index in [4.69, 9.17) is 9.47 Å². The molecule has 0 heterocycles. The van der Waals surface area contributed by atoms with E-state index in [1.807, 2.05) is 0 Å². The number of carbonyl (C=O) groups is 1. The second kappa shape index (κ2) is 8.46. The summed E-state index contributed by atoms with van der Waals surface area (Å²) in [6.07, 6.45) is -5.23. The predicted octanol–water partition coefficient (Wildman–Crippen LogP) is 4.20. The Morgan fingerprint density at radius 3 is 2.04 bits per heavy atom. The van der Waals surface area contributed by atoms with E-state index in [0.29, 0.717) is 10.6 Å². The molecule has 0 N–H and O–H groups in total. The Morgan fingerprint density at radius 1 is 1.08 bits per heavy atom. The van der Waals surface area contributed by atoms with Gasteiger partial charge in [-0.15, -0.1) is 0 Å². The van der Waals surface area contributed by atoms with Crippen LogP contribution in [0.1, 0.15) is 19.4 Å². The molecule has 4 nitrogen and oxygen atoms in total. The van der Waals surface area contributed by atoms with Crippen molar-refractivity contribution in [1.82, 2.24) is 0 Å². The molecule has 2 atom stereocenters. The van der Waals surface area contributed by atoms with Gasteiger partial charge in [-0.05, 0) is 62.4 Å². The van der Waals surface area contributed by atoms with E-state index in [2.05, 4.69) is 0 Å². The van der Waals surface area contributed by atoms with Crippen LogP contribution in [0.5, 0.6) is 5.75 Å². The predicted molar refractivity (Wildman–Crippen MR) is 89.3 cm³/mol. The highest BCUT2D eigenvalue weighted by Gasteiger charge is 2.30. The lowest BCUT2D eigenvalue weighted by molar-refractivity contribution is -0.150. The van der Waals surface area contributed by atoms with Crippen molar-refractivity contribution >= 4 is 17.1 Å². The van der Waals surface area contributed by atoms with E-state index >= 15 is 0 Å². The van der Waals surface area contributed by atoms with Gasteiger partial charge in [-0.3, -0.25) is 0 Å². The van der Waals surface area contributed by atoms with Crippen LogP contribution in [-0.4, -0.2) is 23.2 Å². The molecule has 0 saturated carbocycles. The van der Waals surface area contributed by atoms with Crippen molar-refractivity contribution in [1.29, 1.82) is 0 Å². The third-order valence-corrected chi connectivity index (χ3v) is 4.77. The highest BCUT2D eigenvalue weighted by Crippen LogP contribution is 2.31. The summed E-state index contributed by atoms with van der Waals surface area (Å²) in [6, 6.07) is 10.3. The van der Waals surface area contributed by atoms with Gasteiger partial charge < -0.3 is 14.0 Å². The first kappa shape index (κ1) is 20.1. The van der Waals surface area contributed by atoms with Crippen LogP contribution in [0.3, 0.4) is 0 Å². The molecule has 0 spiro atoms. The molecule has 2 aromatic carbocycles. The fourth-order valence-corrected chi connectivity index (χ4v) is 3.10. The van der Waals surface area contributed by atoms with Crippen LogP contribution in [0.15, 0.2) is 58.3 Å². The average Bonchev–Trinajstić information content (AvgIpc) is 2.61. The molecule has 2 unspecified atom stereocenters. The molecular weight excluding hydrogens is 369 g/mol. The quantitative estimate of drug-likeness (QED) is 0.551. The molecule has 0 amide bonds. The third kappa shape index (κ3) is 5.15. The lowest BCUT2D eigenvalue weighted by Gasteiger charge is -2.14. The Kier molecular flexibility index (Phi) is 6.55. The standard InChI is InChI=1S/C18H17F3O4S/c1-3-24-17(22)12(2)25-14-6-10-16(11-7-14)26(23)15-8-4-13(5-9-15)18(19,20)21/h4-12H,3H2,1-2H3. The molecule has 8 heteroatoms. The van der Waals surface area contributed by atoms with Gasteiger partial charge in [-0.2, -0.15) is 13.2 Å². The van der Waals surface area contributed by atoms with Crippen LogP contribution < -0.4 is 4.74 Å². The maximum absolute atomic E-state index is 12.6. The van der Waals surface area contributed by atoms with E-state index < -0.39 is 35.0 Å². The van der Waals surface area contributed by atoms with Gasteiger partial charge in [0.05, 0.1) is 12.2 Å². The zero-order valence-corrected chi connectivity index (χ0v) is 14.9. The second-order valence-electron chi connectivity index (χ2n) is 5.27. The molecule has 140 valence electrons. The number of rotatable bonds is 6. The van der Waals surface area contributed by atoms with Crippen LogP contribution >= 0.6 is 0 Å². The summed E-state index contributed by atoms with van der Waals surface area (Å²) in [5.74, 6) is -0.108. The van der Waals surface area contributed by atoms with Crippen LogP contribution in [0.25, 0.3) is 0 Å². The SMILES string of the molecule is CCOC(=O)C(C)Oc1ccc([S+]([O-])c2ccc(C(F)(F)F)cc2)cc1. The monoisotopic (exact) mass is 386 g/mol. The fraction of sp³-hybridized carbons (Fsp3) is 0.278. The van der Waals surface area contributed by atoms with Crippen molar-refractivity contribution in [2.45, 2.75) is 35.9 Å². The fourth-order valence-electron chi connectivity index (χ4n) is 2.06.